The van der Waals surface area contributed by atoms with Gasteiger partial charge in [0.25, 0.3) is 0 Å². The highest BCUT2D eigenvalue weighted by Gasteiger charge is 2.41. The zero-order valence-corrected chi connectivity index (χ0v) is 19.8. The number of rotatable bonds is 3. The van der Waals surface area contributed by atoms with E-state index in [1.54, 1.807) is 23.3 Å². The summed E-state index contributed by atoms with van der Waals surface area (Å²) in [5.74, 6) is 0.549. The SMILES string of the molecule is COc1cccc([C@H]2CC(=O)N(c3sc4c(c3C#N)CCCCCC4)C3=C2C(=O)CCC3)c1. The molecule has 1 atom stereocenters. The minimum absolute atomic E-state index is 0.0259. The molecule has 1 aliphatic heterocycles. The Labute approximate surface area is 198 Å². The lowest BCUT2D eigenvalue weighted by Gasteiger charge is -2.38. The van der Waals surface area contributed by atoms with Gasteiger partial charge in [0, 0.05) is 34.9 Å². The van der Waals surface area contributed by atoms with Crippen molar-refractivity contribution in [3.63, 3.8) is 0 Å². The Hall–Kier alpha value is -2.91. The zero-order valence-electron chi connectivity index (χ0n) is 19.0. The molecule has 0 unspecified atom stereocenters. The minimum atomic E-state index is -0.266. The number of benzene rings is 1. The van der Waals surface area contributed by atoms with E-state index in [9.17, 15) is 14.9 Å². The number of nitrogens with zero attached hydrogens (tertiary/aromatic N) is 2. The molecular formula is C27H28N2O3S. The third-order valence-corrected chi connectivity index (χ3v) is 8.42. The van der Waals surface area contributed by atoms with Crippen LogP contribution in [-0.2, 0) is 22.4 Å². The fraction of sp³-hybridized carbons (Fsp3) is 0.444. The number of hydrogen-bond acceptors (Lipinski definition) is 5. The number of fused-ring (bicyclic) bond motifs is 1. The van der Waals surface area contributed by atoms with Gasteiger partial charge in [0.1, 0.15) is 16.8 Å². The van der Waals surface area contributed by atoms with E-state index in [-0.39, 0.29) is 24.0 Å². The Morgan fingerprint density at radius 3 is 2.67 bits per heavy atom. The highest BCUT2D eigenvalue weighted by atomic mass is 32.1. The standard InChI is InChI=1S/C27H28N2O3S/c1-32-18-9-6-8-17(14-18)20-15-25(31)29(22-11-7-12-23(30)26(20)22)27-21(16-28)19-10-4-2-3-5-13-24(19)33-27/h6,8-9,14,20H,2-5,7,10-13,15H2,1H3/t20-/m1/s1. The number of carbonyl (C=O) groups excluding carboxylic acids is 2. The number of amides is 1. The Morgan fingerprint density at radius 1 is 1.06 bits per heavy atom. The summed E-state index contributed by atoms with van der Waals surface area (Å²) in [6, 6.07) is 10.1. The predicted molar refractivity (Wildman–Crippen MR) is 129 cm³/mol. The number of anilines is 1. The number of aryl methyl sites for hydroxylation is 1. The molecule has 1 aromatic carbocycles. The lowest BCUT2D eigenvalue weighted by atomic mass is 9.77. The number of ketones is 1. The van der Waals surface area contributed by atoms with Crippen LogP contribution in [0.25, 0.3) is 0 Å². The van der Waals surface area contributed by atoms with Crippen LogP contribution in [0.5, 0.6) is 5.75 Å². The van der Waals surface area contributed by atoms with Crippen LogP contribution in [-0.4, -0.2) is 18.8 Å². The van der Waals surface area contributed by atoms with Crippen LogP contribution in [0.1, 0.15) is 78.9 Å². The summed E-state index contributed by atoms with van der Waals surface area (Å²) in [5.41, 5.74) is 4.27. The van der Waals surface area contributed by atoms with Gasteiger partial charge in [0.15, 0.2) is 5.78 Å². The van der Waals surface area contributed by atoms with Crippen molar-refractivity contribution in [3.05, 3.63) is 57.1 Å². The maximum Gasteiger partial charge on any atom is 0.232 e. The molecule has 2 aromatic rings. The number of nitriles is 1. The molecule has 0 saturated carbocycles. The quantitative estimate of drug-likeness (QED) is 0.579. The van der Waals surface area contributed by atoms with Gasteiger partial charge in [-0.25, -0.2) is 0 Å². The third kappa shape index (κ3) is 3.89. The Bertz CT molecular complexity index is 1190. The van der Waals surface area contributed by atoms with Gasteiger partial charge < -0.3 is 4.74 Å². The van der Waals surface area contributed by atoms with E-state index in [1.807, 2.05) is 24.3 Å². The van der Waals surface area contributed by atoms with Crippen molar-refractivity contribution in [2.75, 3.05) is 12.0 Å². The van der Waals surface area contributed by atoms with Gasteiger partial charge in [0.2, 0.25) is 5.91 Å². The smallest absolute Gasteiger partial charge is 0.232 e. The van der Waals surface area contributed by atoms with E-state index < -0.39 is 0 Å². The van der Waals surface area contributed by atoms with E-state index >= 15 is 0 Å². The van der Waals surface area contributed by atoms with Gasteiger partial charge in [-0.1, -0.05) is 25.0 Å². The number of thiophene rings is 1. The summed E-state index contributed by atoms with van der Waals surface area (Å²) >= 11 is 1.60. The van der Waals surface area contributed by atoms with Crippen molar-refractivity contribution >= 4 is 28.0 Å². The lowest BCUT2D eigenvalue weighted by molar-refractivity contribution is -0.119. The van der Waals surface area contributed by atoms with Gasteiger partial charge in [0.05, 0.1) is 12.7 Å². The number of Topliss-reactive ketones (excluding diaryl/α,β-unsaturated/α-hetero) is 1. The predicted octanol–water partition coefficient (Wildman–Crippen LogP) is 5.81. The number of hydrogen-bond donors (Lipinski definition) is 0. The third-order valence-electron chi connectivity index (χ3n) is 7.14. The maximum atomic E-state index is 13.7. The summed E-state index contributed by atoms with van der Waals surface area (Å²) in [4.78, 5) is 29.9. The highest BCUT2D eigenvalue weighted by Crippen LogP contribution is 2.48. The first kappa shape index (κ1) is 21.9. The van der Waals surface area contributed by atoms with Crippen molar-refractivity contribution in [1.82, 2.24) is 0 Å². The van der Waals surface area contributed by atoms with Gasteiger partial charge in [-0.15, -0.1) is 11.3 Å². The summed E-state index contributed by atoms with van der Waals surface area (Å²) in [7, 11) is 1.62. The molecular weight excluding hydrogens is 432 g/mol. The van der Waals surface area contributed by atoms with Crippen molar-refractivity contribution in [2.24, 2.45) is 0 Å². The second kappa shape index (κ2) is 9.15. The normalized spacial score (nSPS) is 21.1. The molecule has 0 spiro atoms. The van der Waals surface area contributed by atoms with Crippen LogP contribution >= 0.6 is 11.3 Å². The molecule has 0 radical (unpaired) electrons. The van der Waals surface area contributed by atoms with E-state index in [0.29, 0.717) is 18.4 Å². The minimum Gasteiger partial charge on any atom is -0.497 e. The monoisotopic (exact) mass is 460 g/mol. The molecule has 5 rings (SSSR count). The first-order valence-electron chi connectivity index (χ1n) is 11.9. The van der Waals surface area contributed by atoms with Crippen molar-refractivity contribution < 1.29 is 14.3 Å². The van der Waals surface area contributed by atoms with Gasteiger partial charge in [-0.2, -0.15) is 5.26 Å². The number of allylic oxidation sites excluding steroid dienone is 2. The molecule has 1 aromatic heterocycles. The Balaban J connectivity index is 1.65. The summed E-state index contributed by atoms with van der Waals surface area (Å²) in [6.07, 6.45) is 8.61. The maximum absolute atomic E-state index is 13.7. The number of carbonyl (C=O) groups is 2. The number of methoxy groups -OCH3 is 1. The molecule has 1 amide bonds. The van der Waals surface area contributed by atoms with E-state index in [2.05, 4.69) is 6.07 Å². The van der Waals surface area contributed by atoms with Gasteiger partial charge in [-0.05, 0) is 61.8 Å². The topological polar surface area (TPSA) is 70.4 Å². The molecule has 3 aliphatic rings. The van der Waals surface area contributed by atoms with E-state index in [1.165, 1.54) is 17.7 Å². The molecule has 0 bridgehead atoms. The van der Waals surface area contributed by atoms with Crippen molar-refractivity contribution in [1.29, 1.82) is 5.26 Å². The zero-order chi connectivity index (χ0) is 22.9. The van der Waals surface area contributed by atoms with Crippen LogP contribution in [0.2, 0.25) is 0 Å². The molecule has 2 heterocycles. The largest absolute Gasteiger partial charge is 0.497 e. The fourth-order valence-electron chi connectivity index (χ4n) is 5.55. The molecule has 2 aliphatic carbocycles. The Morgan fingerprint density at radius 2 is 1.88 bits per heavy atom. The molecule has 5 nitrogen and oxygen atoms in total. The van der Waals surface area contributed by atoms with Crippen LogP contribution in [0.4, 0.5) is 5.00 Å². The van der Waals surface area contributed by atoms with E-state index in [4.69, 9.17) is 4.74 Å². The molecule has 33 heavy (non-hydrogen) atoms. The average molecular weight is 461 g/mol. The molecule has 0 saturated heterocycles. The fourth-order valence-corrected chi connectivity index (χ4v) is 6.93. The van der Waals surface area contributed by atoms with Crippen LogP contribution in [0.15, 0.2) is 35.5 Å². The highest BCUT2D eigenvalue weighted by molar-refractivity contribution is 7.16. The average Bonchev–Trinajstić information content (AvgIpc) is 3.14. The van der Waals surface area contributed by atoms with Crippen LogP contribution in [0.3, 0.4) is 0 Å². The second-order valence-corrected chi connectivity index (χ2v) is 10.2. The van der Waals surface area contributed by atoms with E-state index in [0.717, 1.165) is 65.3 Å². The second-order valence-electron chi connectivity index (χ2n) is 9.11. The summed E-state index contributed by atoms with van der Waals surface area (Å²) < 4.78 is 5.39. The lowest BCUT2D eigenvalue weighted by Crippen LogP contribution is -2.40. The Kier molecular flexibility index (Phi) is 6.07. The number of ether oxygens (including phenoxy) is 1. The molecule has 0 N–H and O–H groups in total. The molecule has 170 valence electrons. The van der Waals surface area contributed by atoms with Crippen molar-refractivity contribution in [3.8, 4) is 11.8 Å². The summed E-state index contributed by atoms with van der Waals surface area (Å²) in [6.45, 7) is 0. The first-order chi connectivity index (χ1) is 16.1. The van der Waals surface area contributed by atoms with Crippen molar-refractivity contribution in [2.45, 2.75) is 70.1 Å². The molecule has 0 fully saturated rings. The van der Waals surface area contributed by atoms with Gasteiger partial charge in [-0.3, -0.25) is 14.5 Å². The van der Waals surface area contributed by atoms with Gasteiger partial charge >= 0.3 is 0 Å². The molecule has 6 heteroatoms. The summed E-state index contributed by atoms with van der Waals surface area (Å²) in [5, 5.41) is 10.8. The van der Waals surface area contributed by atoms with Crippen LogP contribution in [0, 0.1) is 11.3 Å². The van der Waals surface area contributed by atoms with Crippen LogP contribution < -0.4 is 9.64 Å². The first-order valence-corrected chi connectivity index (χ1v) is 12.7.